The summed E-state index contributed by atoms with van der Waals surface area (Å²) in [6.45, 7) is 5.74. The first kappa shape index (κ1) is 13.0. The maximum Gasteiger partial charge on any atom is 0.124 e. The van der Waals surface area contributed by atoms with Crippen LogP contribution in [-0.2, 0) is 0 Å². The summed E-state index contributed by atoms with van der Waals surface area (Å²) in [6, 6.07) is 7.69. The molecule has 1 atom stereocenters. The molecule has 1 unspecified atom stereocenters. The van der Waals surface area contributed by atoms with Gasteiger partial charge in [0.15, 0.2) is 0 Å². The van der Waals surface area contributed by atoms with E-state index in [0.717, 1.165) is 17.7 Å². The molecule has 0 heterocycles. The van der Waals surface area contributed by atoms with Crippen molar-refractivity contribution in [2.75, 3.05) is 6.61 Å². The quantitative estimate of drug-likeness (QED) is 0.805. The number of rotatable bonds is 5. The van der Waals surface area contributed by atoms with E-state index in [-0.39, 0.29) is 12.6 Å². The highest BCUT2D eigenvalue weighted by molar-refractivity contribution is 5.35. The molecule has 0 spiro atoms. The highest BCUT2D eigenvalue weighted by Gasteiger charge is 2.16. The molecular weight excluding hydrogens is 202 g/mol. The Bertz CT molecular complexity index is 331. The molecule has 0 amide bonds. The van der Waals surface area contributed by atoms with Crippen molar-refractivity contribution in [2.24, 2.45) is 5.73 Å². The second-order valence-corrected chi connectivity index (χ2v) is 4.65. The Hall–Kier alpha value is -1.06. The molecule has 1 aromatic carbocycles. The minimum Gasteiger partial charge on any atom is -0.490 e. The number of nitrogens with two attached hydrogens (primary N) is 1. The van der Waals surface area contributed by atoms with Gasteiger partial charge in [0, 0.05) is 11.6 Å². The molecule has 0 bridgehead atoms. The van der Waals surface area contributed by atoms with Crippen LogP contribution in [0.1, 0.15) is 38.8 Å². The molecule has 0 aliphatic rings. The predicted molar refractivity (Wildman–Crippen MR) is 65.5 cm³/mol. The SMILES string of the molecule is CCC(N)c1ccccc1OCC(C)(C)O. The smallest absolute Gasteiger partial charge is 0.124 e. The van der Waals surface area contributed by atoms with E-state index in [1.807, 2.05) is 31.2 Å². The average molecular weight is 223 g/mol. The molecule has 0 saturated carbocycles. The fraction of sp³-hybridized carbons (Fsp3) is 0.538. The van der Waals surface area contributed by atoms with Crippen molar-refractivity contribution in [3.8, 4) is 5.75 Å². The van der Waals surface area contributed by atoms with Gasteiger partial charge >= 0.3 is 0 Å². The fourth-order valence-corrected chi connectivity index (χ4v) is 1.39. The van der Waals surface area contributed by atoms with Crippen LogP contribution in [0.3, 0.4) is 0 Å². The number of hydrogen-bond acceptors (Lipinski definition) is 3. The molecule has 0 aromatic heterocycles. The van der Waals surface area contributed by atoms with Crippen LogP contribution in [-0.4, -0.2) is 17.3 Å². The summed E-state index contributed by atoms with van der Waals surface area (Å²) in [5, 5.41) is 9.61. The lowest BCUT2D eigenvalue weighted by Gasteiger charge is -2.21. The average Bonchev–Trinajstić information content (AvgIpc) is 2.25. The maximum atomic E-state index is 9.61. The van der Waals surface area contributed by atoms with Gasteiger partial charge in [-0.15, -0.1) is 0 Å². The number of ether oxygens (including phenoxy) is 1. The third-order valence-corrected chi connectivity index (χ3v) is 2.34. The second kappa shape index (κ2) is 5.32. The largest absolute Gasteiger partial charge is 0.490 e. The lowest BCUT2D eigenvalue weighted by Crippen LogP contribution is -2.28. The molecule has 16 heavy (non-hydrogen) atoms. The molecule has 0 saturated heterocycles. The summed E-state index contributed by atoms with van der Waals surface area (Å²) in [5.74, 6) is 0.763. The zero-order valence-electron chi connectivity index (χ0n) is 10.2. The Balaban J connectivity index is 2.79. The number of para-hydroxylation sites is 1. The molecule has 3 N–H and O–H groups in total. The van der Waals surface area contributed by atoms with E-state index < -0.39 is 5.60 Å². The number of benzene rings is 1. The first-order valence-corrected chi connectivity index (χ1v) is 5.63. The van der Waals surface area contributed by atoms with E-state index >= 15 is 0 Å². The highest BCUT2D eigenvalue weighted by atomic mass is 16.5. The van der Waals surface area contributed by atoms with Crippen molar-refractivity contribution < 1.29 is 9.84 Å². The minimum atomic E-state index is -0.830. The fourth-order valence-electron chi connectivity index (χ4n) is 1.39. The zero-order chi connectivity index (χ0) is 12.2. The highest BCUT2D eigenvalue weighted by Crippen LogP contribution is 2.25. The standard InChI is InChI=1S/C13H21NO2/c1-4-11(14)10-7-5-6-8-12(10)16-9-13(2,3)15/h5-8,11,15H,4,9,14H2,1-3H3. The van der Waals surface area contributed by atoms with Crippen LogP contribution in [0.5, 0.6) is 5.75 Å². The summed E-state index contributed by atoms with van der Waals surface area (Å²) in [6.07, 6.45) is 0.864. The summed E-state index contributed by atoms with van der Waals surface area (Å²) < 4.78 is 5.59. The van der Waals surface area contributed by atoms with E-state index in [0.29, 0.717) is 0 Å². The summed E-state index contributed by atoms with van der Waals surface area (Å²) in [5.41, 5.74) is 6.16. The monoisotopic (exact) mass is 223 g/mol. The number of aliphatic hydroxyl groups is 1. The summed E-state index contributed by atoms with van der Waals surface area (Å²) in [7, 11) is 0. The molecule has 0 fully saturated rings. The zero-order valence-corrected chi connectivity index (χ0v) is 10.2. The van der Waals surface area contributed by atoms with Gasteiger partial charge in [-0.1, -0.05) is 25.1 Å². The van der Waals surface area contributed by atoms with Gasteiger partial charge in [0.25, 0.3) is 0 Å². The maximum absolute atomic E-state index is 9.61. The van der Waals surface area contributed by atoms with E-state index in [2.05, 4.69) is 0 Å². The lowest BCUT2D eigenvalue weighted by molar-refractivity contribution is 0.0280. The summed E-state index contributed by atoms with van der Waals surface area (Å²) >= 11 is 0. The topological polar surface area (TPSA) is 55.5 Å². The molecule has 0 aliphatic carbocycles. The first-order valence-electron chi connectivity index (χ1n) is 5.63. The van der Waals surface area contributed by atoms with Crippen molar-refractivity contribution in [1.29, 1.82) is 0 Å². The van der Waals surface area contributed by atoms with Crippen molar-refractivity contribution >= 4 is 0 Å². The normalized spacial score (nSPS) is 13.6. The Morgan fingerprint density at radius 3 is 2.56 bits per heavy atom. The Morgan fingerprint density at radius 1 is 1.38 bits per heavy atom. The van der Waals surface area contributed by atoms with Crippen LogP contribution in [0.2, 0.25) is 0 Å². The molecule has 3 heteroatoms. The first-order chi connectivity index (χ1) is 7.44. The van der Waals surface area contributed by atoms with Gasteiger partial charge < -0.3 is 15.6 Å². The lowest BCUT2D eigenvalue weighted by atomic mass is 10.0. The van der Waals surface area contributed by atoms with Crippen molar-refractivity contribution in [3.05, 3.63) is 29.8 Å². The predicted octanol–water partition coefficient (Wildman–Crippen LogP) is 2.25. The van der Waals surface area contributed by atoms with Crippen LogP contribution < -0.4 is 10.5 Å². The van der Waals surface area contributed by atoms with Crippen molar-refractivity contribution in [3.63, 3.8) is 0 Å². The third-order valence-electron chi connectivity index (χ3n) is 2.34. The van der Waals surface area contributed by atoms with Crippen molar-refractivity contribution in [2.45, 2.75) is 38.8 Å². The van der Waals surface area contributed by atoms with Crippen LogP contribution >= 0.6 is 0 Å². The van der Waals surface area contributed by atoms with E-state index in [4.69, 9.17) is 10.5 Å². The van der Waals surface area contributed by atoms with E-state index in [1.54, 1.807) is 13.8 Å². The molecular formula is C13H21NO2. The van der Waals surface area contributed by atoms with Crippen LogP contribution in [0.15, 0.2) is 24.3 Å². The van der Waals surface area contributed by atoms with Gasteiger partial charge in [-0.2, -0.15) is 0 Å². The van der Waals surface area contributed by atoms with Crippen LogP contribution in [0, 0.1) is 0 Å². The summed E-state index contributed by atoms with van der Waals surface area (Å²) in [4.78, 5) is 0. The molecule has 1 aromatic rings. The minimum absolute atomic E-state index is 0.0157. The van der Waals surface area contributed by atoms with Gasteiger partial charge in [0.2, 0.25) is 0 Å². The Morgan fingerprint density at radius 2 is 2.00 bits per heavy atom. The Kier molecular flexibility index (Phi) is 4.33. The second-order valence-electron chi connectivity index (χ2n) is 4.65. The molecule has 3 nitrogen and oxygen atoms in total. The van der Waals surface area contributed by atoms with Gasteiger partial charge in [-0.05, 0) is 26.3 Å². The van der Waals surface area contributed by atoms with E-state index in [1.165, 1.54) is 0 Å². The molecule has 0 radical (unpaired) electrons. The van der Waals surface area contributed by atoms with Crippen molar-refractivity contribution in [1.82, 2.24) is 0 Å². The van der Waals surface area contributed by atoms with Crippen LogP contribution in [0.25, 0.3) is 0 Å². The van der Waals surface area contributed by atoms with Gasteiger partial charge in [0.05, 0.1) is 5.60 Å². The molecule has 1 rings (SSSR count). The third kappa shape index (κ3) is 3.83. The number of hydrogen-bond donors (Lipinski definition) is 2. The Labute approximate surface area is 97.2 Å². The van der Waals surface area contributed by atoms with E-state index in [9.17, 15) is 5.11 Å². The van der Waals surface area contributed by atoms with Gasteiger partial charge in [-0.25, -0.2) is 0 Å². The van der Waals surface area contributed by atoms with Gasteiger partial charge in [-0.3, -0.25) is 0 Å². The van der Waals surface area contributed by atoms with Gasteiger partial charge in [0.1, 0.15) is 12.4 Å². The molecule has 90 valence electrons. The molecule has 0 aliphatic heterocycles. The van der Waals surface area contributed by atoms with Crippen LogP contribution in [0.4, 0.5) is 0 Å².